The highest BCUT2D eigenvalue weighted by Crippen LogP contribution is 2.18. The van der Waals surface area contributed by atoms with Gasteiger partial charge in [0.1, 0.15) is 0 Å². The summed E-state index contributed by atoms with van der Waals surface area (Å²) in [5.41, 5.74) is 5.70. The Hall–Kier alpha value is -4.52. The minimum absolute atomic E-state index is 0.316. The molecule has 4 aromatic rings. The molecule has 0 amide bonds. The van der Waals surface area contributed by atoms with E-state index >= 15 is 0 Å². The lowest BCUT2D eigenvalue weighted by molar-refractivity contribution is 1.04. The van der Waals surface area contributed by atoms with Crippen LogP contribution < -0.4 is 16.1 Å². The number of hydrogen-bond donors (Lipinski definition) is 3. The lowest BCUT2D eigenvalue weighted by Gasteiger charge is -2.10. The van der Waals surface area contributed by atoms with Gasteiger partial charge in [0.15, 0.2) is 0 Å². The molecule has 0 saturated heterocycles. The van der Waals surface area contributed by atoms with Crippen molar-refractivity contribution in [2.75, 3.05) is 16.1 Å². The zero-order chi connectivity index (χ0) is 21.1. The average Bonchev–Trinajstić information content (AvgIpc) is 2.81. The van der Waals surface area contributed by atoms with Gasteiger partial charge in [-0.05, 0) is 35.9 Å². The highest BCUT2D eigenvalue weighted by molar-refractivity contribution is 5.78. The van der Waals surface area contributed by atoms with E-state index in [2.05, 4.69) is 36.1 Å². The summed E-state index contributed by atoms with van der Waals surface area (Å²) >= 11 is 0. The van der Waals surface area contributed by atoms with E-state index < -0.39 is 0 Å². The van der Waals surface area contributed by atoms with Gasteiger partial charge in [-0.3, -0.25) is 0 Å². The zero-order valence-corrected chi connectivity index (χ0v) is 16.7. The molecule has 0 aliphatic carbocycles. The molecule has 0 atom stereocenters. The van der Waals surface area contributed by atoms with Crippen LogP contribution in [-0.2, 0) is 0 Å². The largest absolute Gasteiger partial charge is 0.324 e. The summed E-state index contributed by atoms with van der Waals surface area (Å²) in [7, 11) is 0. The Labute approximate surface area is 180 Å². The van der Waals surface area contributed by atoms with Crippen LogP contribution in [0.5, 0.6) is 0 Å². The molecule has 0 radical (unpaired) electrons. The summed E-state index contributed by atoms with van der Waals surface area (Å²) in [5, 5.41) is 10.6. The molecule has 31 heavy (non-hydrogen) atoms. The van der Waals surface area contributed by atoms with Crippen molar-refractivity contribution < 1.29 is 0 Å². The highest BCUT2D eigenvalue weighted by atomic mass is 15.4. The molecule has 0 aliphatic rings. The van der Waals surface area contributed by atoms with Gasteiger partial charge < -0.3 is 10.6 Å². The van der Waals surface area contributed by atoms with E-state index in [-0.39, 0.29) is 0 Å². The van der Waals surface area contributed by atoms with Crippen LogP contribution in [0.4, 0.5) is 29.2 Å². The van der Waals surface area contributed by atoms with Crippen LogP contribution >= 0.6 is 0 Å². The van der Waals surface area contributed by atoms with Crippen LogP contribution in [0.3, 0.4) is 0 Å². The van der Waals surface area contributed by atoms with E-state index in [1.165, 1.54) is 0 Å². The van der Waals surface area contributed by atoms with Gasteiger partial charge in [-0.25, -0.2) is 5.43 Å². The molecule has 0 unspecified atom stereocenters. The monoisotopic (exact) mass is 407 g/mol. The summed E-state index contributed by atoms with van der Waals surface area (Å²) in [6, 6.07) is 29.4. The third-order valence-corrected chi connectivity index (χ3v) is 4.11. The minimum Gasteiger partial charge on any atom is -0.324 e. The van der Waals surface area contributed by atoms with Crippen molar-refractivity contribution in [3.63, 3.8) is 0 Å². The number of rotatable bonds is 8. The molecule has 4 rings (SSSR count). The van der Waals surface area contributed by atoms with E-state index in [0.717, 1.165) is 16.9 Å². The topological polar surface area (TPSA) is 87.1 Å². The van der Waals surface area contributed by atoms with Crippen molar-refractivity contribution in [1.29, 1.82) is 0 Å². The molecule has 7 nitrogen and oxygen atoms in total. The normalized spacial score (nSPS) is 11.0. The van der Waals surface area contributed by atoms with Crippen molar-refractivity contribution in [2.24, 2.45) is 5.10 Å². The van der Waals surface area contributed by atoms with Gasteiger partial charge in [0.2, 0.25) is 17.8 Å². The van der Waals surface area contributed by atoms with Crippen molar-refractivity contribution in [3.05, 3.63) is 103 Å². The summed E-state index contributed by atoms with van der Waals surface area (Å²) in [6.07, 6.45) is 5.45. The summed E-state index contributed by atoms with van der Waals surface area (Å²) < 4.78 is 0. The standard InChI is InChI=1S/C24H21N7/c1-4-11-19(12-5-1)13-10-18-25-31-24-29-22(26-20-14-6-2-7-15-20)28-23(30-24)27-21-16-8-3-9-17-21/h1-18H,(H3,26,27,28,29,30,31)/b13-10+,25-18+. The number of nitrogens with one attached hydrogen (secondary N) is 3. The van der Waals surface area contributed by atoms with Crippen LogP contribution in [0.1, 0.15) is 5.56 Å². The third kappa shape index (κ3) is 6.23. The minimum atomic E-state index is 0.316. The number of hydrazone groups is 1. The zero-order valence-electron chi connectivity index (χ0n) is 16.7. The van der Waals surface area contributed by atoms with E-state index in [1.54, 1.807) is 6.21 Å². The maximum absolute atomic E-state index is 4.46. The maximum atomic E-state index is 4.46. The molecule has 0 fully saturated rings. The molecule has 0 bridgehead atoms. The SMILES string of the molecule is C(=C\c1ccccc1)/C=N/Nc1nc(Nc2ccccc2)nc(Nc2ccccc2)n1. The molecular formula is C24H21N7. The van der Waals surface area contributed by atoms with Crippen LogP contribution in [0.15, 0.2) is 102 Å². The number of anilines is 5. The summed E-state index contributed by atoms with van der Waals surface area (Å²) in [6.45, 7) is 0. The van der Waals surface area contributed by atoms with Crippen molar-refractivity contribution in [2.45, 2.75) is 0 Å². The fourth-order valence-corrected chi connectivity index (χ4v) is 2.70. The molecule has 0 saturated carbocycles. The number of hydrogen-bond acceptors (Lipinski definition) is 7. The van der Waals surface area contributed by atoms with Crippen molar-refractivity contribution in [1.82, 2.24) is 15.0 Å². The average molecular weight is 407 g/mol. The Bertz CT molecular complexity index is 1080. The van der Waals surface area contributed by atoms with Gasteiger partial charge in [0.05, 0.1) is 0 Å². The van der Waals surface area contributed by atoms with Crippen LogP contribution in [-0.4, -0.2) is 21.2 Å². The van der Waals surface area contributed by atoms with E-state index in [1.807, 2.05) is 103 Å². The Morgan fingerprint density at radius 2 is 1.06 bits per heavy atom. The Morgan fingerprint density at radius 3 is 1.61 bits per heavy atom. The summed E-state index contributed by atoms with van der Waals surface area (Å²) in [5.74, 6) is 1.12. The molecule has 152 valence electrons. The van der Waals surface area contributed by atoms with Gasteiger partial charge in [0.25, 0.3) is 0 Å². The predicted molar refractivity (Wildman–Crippen MR) is 127 cm³/mol. The lowest BCUT2D eigenvalue weighted by Crippen LogP contribution is -2.07. The fourth-order valence-electron chi connectivity index (χ4n) is 2.70. The number of allylic oxidation sites excluding steroid dienone is 1. The quantitative estimate of drug-likeness (QED) is 0.265. The van der Waals surface area contributed by atoms with E-state index in [9.17, 15) is 0 Å². The number of aromatic nitrogens is 3. The molecular weight excluding hydrogens is 386 g/mol. The van der Waals surface area contributed by atoms with Gasteiger partial charge in [-0.2, -0.15) is 20.1 Å². The molecule has 1 aromatic heterocycles. The van der Waals surface area contributed by atoms with Gasteiger partial charge in [-0.15, -0.1) is 0 Å². The van der Waals surface area contributed by atoms with Crippen LogP contribution in [0.25, 0.3) is 6.08 Å². The molecule has 3 N–H and O–H groups in total. The second-order valence-electron chi connectivity index (χ2n) is 6.45. The molecule has 1 heterocycles. The van der Waals surface area contributed by atoms with Gasteiger partial charge in [0, 0.05) is 17.6 Å². The first-order chi connectivity index (χ1) is 15.3. The molecule has 3 aromatic carbocycles. The third-order valence-electron chi connectivity index (χ3n) is 4.11. The second kappa shape index (κ2) is 10.3. The van der Waals surface area contributed by atoms with Crippen LogP contribution in [0.2, 0.25) is 0 Å². The first kappa shape index (κ1) is 19.8. The van der Waals surface area contributed by atoms with Crippen LogP contribution in [0, 0.1) is 0 Å². The molecule has 7 heteroatoms. The Balaban J connectivity index is 1.50. The first-order valence-corrected chi connectivity index (χ1v) is 9.76. The maximum Gasteiger partial charge on any atom is 0.250 e. The van der Waals surface area contributed by atoms with Crippen molar-refractivity contribution in [3.8, 4) is 0 Å². The predicted octanol–water partition coefficient (Wildman–Crippen LogP) is 5.47. The number of para-hydroxylation sites is 2. The lowest BCUT2D eigenvalue weighted by atomic mass is 10.2. The number of nitrogens with zero attached hydrogens (tertiary/aromatic N) is 4. The first-order valence-electron chi connectivity index (χ1n) is 9.76. The fraction of sp³-hybridized carbons (Fsp3) is 0. The highest BCUT2D eigenvalue weighted by Gasteiger charge is 2.07. The smallest absolute Gasteiger partial charge is 0.250 e. The summed E-state index contributed by atoms with van der Waals surface area (Å²) in [4.78, 5) is 13.3. The Kier molecular flexibility index (Phi) is 6.58. The van der Waals surface area contributed by atoms with E-state index in [4.69, 9.17) is 0 Å². The second-order valence-corrected chi connectivity index (χ2v) is 6.45. The number of benzene rings is 3. The van der Waals surface area contributed by atoms with Gasteiger partial charge in [-0.1, -0.05) is 72.8 Å². The Morgan fingerprint density at radius 1 is 0.581 bits per heavy atom. The molecule has 0 spiro atoms. The van der Waals surface area contributed by atoms with Gasteiger partial charge >= 0.3 is 0 Å². The van der Waals surface area contributed by atoms with Crippen molar-refractivity contribution >= 4 is 41.5 Å². The van der Waals surface area contributed by atoms with E-state index in [0.29, 0.717) is 17.8 Å². The molecule has 0 aliphatic heterocycles.